The molecule has 196 valence electrons. The molecule has 2 aliphatic heterocycles. The van der Waals surface area contributed by atoms with Gasteiger partial charge in [-0.1, -0.05) is 56.3 Å². The van der Waals surface area contributed by atoms with Gasteiger partial charge in [0.05, 0.1) is 23.1 Å². The predicted molar refractivity (Wildman–Crippen MR) is 147 cm³/mol. The van der Waals surface area contributed by atoms with Crippen LogP contribution in [0.5, 0.6) is 0 Å². The first-order valence-electron chi connectivity index (χ1n) is 12.9. The van der Waals surface area contributed by atoms with Crippen LogP contribution < -0.4 is 10.6 Å². The first kappa shape index (κ1) is 24.7. The van der Waals surface area contributed by atoms with Crippen LogP contribution in [0, 0.1) is 5.92 Å². The van der Waals surface area contributed by atoms with Crippen molar-refractivity contribution in [3.05, 3.63) is 72.6 Å². The van der Waals surface area contributed by atoms with E-state index in [-0.39, 0.29) is 23.3 Å². The van der Waals surface area contributed by atoms with Crippen molar-refractivity contribution in [3.63, 3.8) is 0 Å². The van der Waals surface area contributed by atoms with Gasteiger partial charge in [-0.3, -0.25) is 9.69 Å². The zero-order valence-electron chi connectivity index (χ0n) is 21.3. The Bertz CT molecular complexity index is 1640. The van der Waals surface area contributed by atoms with Crippen LogP contribution in [0.15, 0.2) is 71.6 Å². The SMILES string of the molecule is CC(C)[C@@H]1Nc2nc(nc3ccccc23)CN2CCN(S(=O)(=O)c3ccc4ccccc4c3)CC2NC1=O. The number of nitrogens with one attached hydrogen (secondary N) is 2. The van der Waals surface area contributed by atoms with E-state index in [0.717, 1.165) is 21.7 Å². The first-order valence-corrected chi connectivity index (χ1v) is 14.3. The van der Waals surface area contributed by atoms with Crippen LogP contribution in [0.4, 0.5) is 5.82 Å². The second-order valence-electron chi connectivity index (χ2n) is 10.2. The summed E-state index contributed by atoms with van der Waals surface area (Å²) in [5.74, 6) is 1.04. The second-order valence-corrected chi connectivity index (χ2v) is 12.2. The highest BCUT2D eigenvalue weighted by atomic mass is 32.2. The summed E-state index contributed by atoms with van der Waals surface area (Å²) in [7, 11) is -3.76. The zero-order valence-corrected chi connectivity index (χ0v) is 22.1. The van der Waals surface area contributed by atoms with Gasteiger partial charge in [0.1, 0.15) is 17.7 Å². The van der Waals surface area contributed by atoms with Crippen molar-refractivity contribution in [2.45, 2.75) is 37.5 Å². The maximum atomic E-state index is 13.7. The van der Waals surface area contributed by atoms with Crippen LogP contribution in [0.2, 0.25) is 0 Å². The van der Waals surface area contributed by atoms with E-state index in [9.17, 15) is 13.2 Å². The summed E-state index contributed by atoms with van der Waals surface area (Å²) >= 11 is 0. The maximum Gasteiger partial charge on any atom is 0.244 e. The van der Waals surface area contributed by atoms with Crippen molar-refractivity contribution in [2.24, 2.45) is 5.92 Å². The number of rotatable bonds is 3. The Morgan fingerprint density at radius 3 is 2.50 bits per heavy atom. The van der Waals surface area contributed by atoms with Crippen molar-refractivity contribution in [3.8, 4) is 0 Å². The Morgan fingerprint density at radius 2 is 1.68 bits per heavy atom. The minimum Gasteiger partial charge on any atom is -0.358 e. The van der Waals surface area contributed by atoms with E-state index >= 15 is 0 Å². The third kappa shape index (κ3) is 4.48. The molecule has 1 unspecified atom stereocenters. The van der Waals surface area contributed by atoms with Crippen LogP contribution in [-0.2, 0) is 21.4 Å². The van der Waals surface area contributed by atoms with Crippen molar-refractivity contribution >= 4 is 43.4 Å². The van der Waals surface area contributed by atoms with Crippen LogP contribution in [0.3, 0.4) is 0 Å². The quantitative estimate of drug-likeness (QED) is 0.419. The molecule has 2 N–H and O–H groups in total. The number of hydrogen-bond donors (Lipinski definition) is 2. The van der Waals surface area contributed by atoms with Gasteiger partial charge in [-0.05, 0) is 41.0 Å². The summed E-state index contributed by atoms with van der Waals surface area (Å²) in [5, 5.41) is 9.19. The topological polar surface area (TPSA) is 108 Å². The molecule has 4 aromatic rings. The lowest BCUT2D eigenvalue weighted by Gasteiger charge is -2.41. The van der Waals surface area contributed by atoms with Crippen molar-refractivity contribution in [2.75, 3.05) is 25.0 Å². The molecule has 3 aromatic carbocycles. The summed E-state index contributed by atoms with van der Waals surface area (Å²) in [6.45, 7) is 5.20. The monoisotopic (exact) mass is 530 g/mol. The molecule has 0 saturated carbocycles. The van der Waals surface area contributed by atoms with E-state index < -0.39 is 22.2 Å². The lowest BCUT2D eigenvalue weighted by atomic mass is 10.0. The Labute approximate surface area is 221 Å². The summed E-state index contributed by atoms with van der Waals surface area (Å²) in [4.78, 5) is 25.4. The van der Waals surface area contributed by atoms with Crippen LogP contribution in [0.25, 0.3) is 21.7 Å². The third-order valence-corrected chi connectivity index (χ3v) is 9.22. The van der Waals surface area contributed by atoms with Crippen molar-refractivity contribution in [1.82, 2.24) is 24.5 Å². The third-order valence-electron chi connectivity index (χ3n) is 7.36. The number of carbonyl (C=O) groups is 1. The van der Waals surface area contributed by atoms with Gasteiger partial charge in [0.25, 0.3) is 0 Å². The number of hydrogen-bond acceptors (Lipinski definition) is 7. The molecule has 38 heavy (non-hydrogen) atoms. The molecule has 1 aromatic heterocycles. The van der Waals surface area contributed by atoms with Crippen LogP contribution in [0.1, 0.15) is 19.7 Å². The molecule has 1 saturated heterocycles. The van der Waals surface area contributed by atoms with Gasteiger partial charge in [0.2, 0.25) is 15.9 Å². The molecule has 2 aliphatic rings. The lowest BCUT2D eigenvalue weighted by Crippen LogP contribution is -2.62. The highest BCUT2D eigenvalue weighted by Crippen LogP contribution is 2.27. The molecule has 10 heteroatoms. The largest absolute Gasteiger partial charge is 0.358 e. The number of piperazine rings is 1. The summed E-state index contributed by atoms with van der Waals surface area (Å²) in [6.07, 6.45) is -0.522. The normalized spacial score (nSPS) is 21.2. The number of para-hydroxylation sites is 1. The molecule has 2 bridgehead atoms. The molecular formula is C28H30N6O3S. The molecule has 3 heterocycles. The van der Waals surface area contributed by atoms with Gasteiger partial charge in [-0.15, -0.1) is 0 Å². The molecule has 1 fully saturated rings. The first-order chi connectivity index (χ1) is 18.3. The zero-order chi connectivity index (χ0) is 26.4. The molecule has 1 amide bonds. The maximum absolute atomic E-state index is 13.7. The van der Waals surface area contributed by atoms with Crippen LogP contribution >= 0.6 is 0 Å². The van der Waals surface area contributed by atoms with E-state index in [1.807, 2.05) is 68.4 Å². The van der Waals surface area contributed by atoms with Gasteiger partial charge in [-0.25, -0.2) is 18.4 Å². The number of sulfonamides is 1. The van der Waals surface area contributed by atoms with Crippen molar-refractivity contribution < 1.29 is 13.2 Å². The fourth-order valence-corrected chi connectivity index (χ4v) is 6.71. The predicted octanol–water partition coefficient (Wildman–Crippen LogP) is 3.18. The molecular weight excluding hydrogens is 500 g/mol. The molecule has 9 nitrogen and oxygen atoms in total. The number of aromatic nitrogens is 2. The Hall–Kier alpha value is -3.60. The van der Waals surface area contributed by atoms with Gasteiger partial charge in [-0.2, -0.15) is 4.31 Å². The van der Waals surface area contributed by atoms with Gasteiger partial charge in [0, 0.05) is 25.0 Å². The number of amides is 1. The Kier molecular flexibility index (Phi) is 6.25. The second kappa shape index (κ2) is 9.61. The number of anilines is 1. The average Bonchev–Trinajstić information content (AvgIpc) is 2.91. The van der Waals surface area contributed by atoms with E-state index in [1.54, 1.807) is 12.1 Å². The molecule has 2 atom stereocenters. The molecule has 0 radical (unpaired) electrons. The number of benzene rings is 3. The highest BCUT2D eigenvalue weighted by Gasteiger charge is 2.37. The lowest BCUT2D eigenvalue weighted by molar-refractivity contribution is -0.125. The fraction of sp³-hybridized carbons (Fsp3) is 0.321. The fourth-order valence-electron chi connectivity index (χ4n) is 5.24. The van der Waals surface area contributed by atoms with E-state index in [2.05, 4.69) is 15.5 Å². The van der Waals surface area contributed by atoms with Gasteiger partial charge in [0.15, 0.2) is 0 Å². The molecule has 0 aliphatic carbocycles. The molecule has 0 spiro atoms. The van der Waals surface area contributed by atoms with Crippen LogP contribution in [-0.4, -0.2) is 65.3 Å². The van der Waals surface area contributed by atoms with E-state index in [1.165, 1.54) is 4.31 Å². The standard InChI is InChI=1S/C28H30N6O3S/c1-18(2)26-28(35)31-25-17-34(38(36,37)21-12-11-19-7-3-4-8-20(19)15-21)14-13-33(25)16-24-29-23-10-6-5-9-22(23)27(30-24)32-26/h3-12,15,18,25-26H,13-14,16-17H2,1-2H3,(H,31,35)(H,29,30,32)/t25?,26-/m0/s1. The Morgan fingerprint density at radius 1 is 0.921 bits per heavy atom. The van der Waals surface area contributed by atoms with E-state index in [4.69, 9.17) is 9.97 Å². The number of nitrogens with zero attached hydrogens (tertiary/aromatic N) is 4. The van der Waals surface area contributed by atoms with E-state index in [0.29, 0.717) is 31.3 Å². The van der Waals surface area contributed by atoms with Gasteiger partial charge >= 0.3 is 0 Å². The average molecular weight is 531 g/mol. The number of fused-ring (bicyclic) bond motifs is 6. The summed E-state index contributed by atoms with van der Waals surface area (Å²) in [5.41, 5.74) is 0.803. The van der Waals surface area contributed by atoms with Gasteiger partial charge < -0.3 is 10.6 Å². The number of carbonyl (C=O) groups excluding carboxylic acids is 1. The minimum atomic E-state index is -3.76. The highest BCUT2D eigenvalue weighted by molar-refractivity contribution is 7.89. The smallest absolute Gasteiger partial charge is 0.244 e. The Balaban J connectivity index is 1.34. The minimum absolute atomic E-state index is 0.0268. The summed E-state index contributed by atoms with van der Waals surface area (Å²) < 4.78 is 28.8. The summed E-state index contributed by atoms with van der Waals surface area (Å²) in [6, 6.07) is 20.1. The van der Waals surface area contributed by atoms with Crippen molar-refractivity contribution in [1.29, 1.82) is 0 Å². The molecule has 6 rings (SSSR count).